The van der Waals surface area contributed by atoms with E-state index in [1.54, 1.807) is 0 Å². The van der Waals surface area contributed by atoms with E-state index in [9.17, 15) is 14.4 Å². The van der Waals surface area contributed by atoms with Crippen LogP contribution in [0.5, 0.6) is 0 Å². The predicted octanol–water partition coefficient (Wildman–Crippen LogP) is 13.6. The Labute approximate surface area is 310 Å². The summed E-state index contributed by atoms with van der Waals surface area (Å²) < 4.78 is 16.6. The van der Waals surface area contributed by atoms with E-state index in [0.29, 0.717) is 19.3 Å². The first-order valence-electron chi connectivity index (χ1n) is 21.9. The van der Waals surface area contributed by atoms with Crippen molar-refractivity contribution in [3.8, 4) is 0 Å². The quantitative estimate of drug-likeness (QED) is 0.0359. The number of carbonyl (C=O) groups excluding carboxylic acids is 3. The number of rotatable bonds is 39. The van der Waals surface area contributed by atoms with Crippen molar-refractivity contribution in [2.75, 3.05) is 13.2 Å². The minimum absolute atomic E-state index is 0.0644. The molecule has 0 aliphatic carbocycles. The van der Waals surface area contributed by atoms with Gasteiger partial charge < -0.3 is 14.2 Å². The molecule has 0 aromatic carbocycles. The van der Waals surface area contributed by atoms with Crippen LogP contribution in [-0.2, 0) is 28.6 Å². The maximum absolute atomic E-state index is 12.6. The molecule has 1 atom stereocenters. The fourth-order valence-electron chi connectivity index (χ4n) is 6.45. The number of unbranched alkanes of at least 4 members (excludes halogenated alkanes) is 26. The molecule has 0 radical (unpaired) electrons. The molecule has 0 aromatic rings. The molecule has 6 nitrogen and oxygen atoms in total. The molecular weight excluding hydrogens is 624 g/mol. The van der Waals surface area contributed by atoms with Crippen molar-refractivity contribution in [2.45, 2.75) is 246 Å². The van der Waals surface area contributed by atoms with Gasteiger partial charge >= 0.3 is 17.9 Å². The van der Waals surface area contributed by atoms with Gasteiger partial charge in [0.2, 0.25) is 0 Å². The van der Waals surface area contributed by atoms with Crippen molar-refractivity contribution in [3.63, 3.8) is 0 Å². The molecule has 0 rings (SSSR count). The van der Waals surface area contributed by atoms with Crippen molar-refractivity contribution >= 4 is 17.9 Å². The smallest absolute Gasteiger partial charge is 0.306 e. The SMILES string of the molecule is CCCCCCCCCCCC(=O)OC[C@H](COC(=O)CCCCCCCCCCCCCC(C)C)OC(=O)CCCCCCCCCCC. The number of hydrogen-bond acceptors (Lipinski definition) is 6. The van der Waals surface area contributed by atoms with Crippen LogP contribution >= 0.6 is 0 Å². The van der Waals surface area contributed by atoms with Crippen LogP contribution in [0.4, 0.5) is 0 Å². The fraction of sp³-hybridized carbons (Fsp3) is 0.932. The van der Waals surface area contributed by atoms with Gasteiger partial charge in [-0.25, -0.2) is 0 Å². The molecule has 6 heteroatoms. The van der Waals surface area contributed by atoms with Gasteiger partial charge in [0.25, 0.3) is 0 Å². The Morgan fingerprint density at radius 2 is 0.660 bits per heavy atom. The first-order chi connectivity index (χ1) is 24.4. The van der Waals surface area contributed by atoms with Crippen LogP contribution in [0.3, 0.4) is 0 Å². The largest absolute Gasteiger partial charge is 0.462 e. The van der Waals surface area contributed by atoms with E-state index in [4.69, 9.17) is 14.2 Å². The van der Waals surface area contributed by atoms with Gasteiger partial charge in [0.1, 0.15) is 13.2 Å². The van der Waals surface area contributed by atoms with Crippen LogP contribution in [0.25, 0.3) is 0 Å². The number of ether oxygens (including phenoxy) is 3. The van der Waals surface area contributed by atoms with E-state index in [2.05, 4.69) is 27.7 Å². The van der Waals surface area contributed by atoms with Gasteiger partial charge in [-0.15, -0.1) is 0 Å². The number of carbonyl (C=O) groups is 3. The second-order valence-corrected chi connectivity index (χ2v) is 15.5. The predicted molar refractivity (Wildman–Crippen MR) is 210 cm³/mol. The third-order valence-corrected chi connectivity index (χ3v) is 9.79. The summed E-state index contributed by atoms with van der Waals surface area (Å²) in [5.41, 5.74) is 0. The molecule has 50 heavy (non-hydrogen) atoms. The number of hydrogen-bond donors (Lipinski definition) is 0. The monoisotopic (exact) mass is 709 g/mol. The molecule has 0 bridgehead atoms. The van der Waals surface area contributed by atoms with Gasteiger partial charge in [-0.3, -0.25) is 14.4 Å². The summed E-state index contributed by atoms with van der Waals surface area (Å²) in [7, 11) is 0. The average Bonchev–Trinajstić information content (AvgIpc) is 3.09. The molecule has 296 valence electrons. The molecule has 0 aliphatic rings. The summed E-state index contributed by atoms with van der Waals surface area (Å²) >= 11 is 0. The van der Waals surface area contributed by atoms with Gasteiger partial charge in [0.05, 0.1) is 0 Å². The Kier molecular flexibility index (Phi) is 37.4. The molecular formula is C44H84O6. The Morgan fingerprint density at radius 3 is 0.980 bits per heavy atom. The van der Waals surface area contributed by atoms with E-state index in [1.165, 1.54) is 135 Å². The Balaban J connectivity index is 4.28. The topological polar surface area (TPSA) is 78.9 Å². The summed E-state index contributed by atoms with van der Waals surface area (Å²) in [5, 5.41) is 0. The van der Waals surface area contributed by atoms with E-state index < -0.39 is 6.10 Å². The van der Waals surface area contributed by atoms with Gasteiger partial charge in [-0.05, 0) is 25.2 Å². The van der Waals surface area contributed by atoms with Crippen LogP contribution in [0.15, 0.2) is 0 Å². The van der Waals surface area contributed by atoms with Crippen molar-refractivity contribution < 1.29 is 28.6 Å². The van der Waals surface area contributed by atoms with Crippen molar-refractivity contribution in [3.05, 3.63) is 0 Å². The summed E-state index contributed by atoms with van der Waals surface area (Å²) in [6.07, 6.45) is 36.6. The minimum Gasteiger partial charge on any atom is -0.462 e. The van der Waals surface area contributed by atoms with Crippen LogP contribution < -0.4 is 0 Å². The molecule has 0 aromatic heterocycles. The molecule has 0 amide bonds. The second-order valence-electron chi connectivity index (χ2n) is 15.5. The van der Waals surface area contributed by atoms with Gasteiger partial charge in [0.15, 0.2) is 6.10 Å². The Bertz CT molecular complexity index is 751. The fourth-order valence-corrected chi connectivity index (χ4v) is 6.45. The molecule has 0 unspecified atom stereocenters. The van der Waals surface area contributed by atoms with E-state index in [-0.39, 0.29) is 31.1 Å². The molecule has 0 fully saturated rings. The highest BCUT2D eigenvalue weighted by Crippen LogP contribution is 2.16. The van der Waals surface area contributed by atoms with Crippen LogP contribution in [-0.4, -0.2) is 37.2 Å². The lowest BCUT2D eigenvalue weighted by molar-refractivity contribution is -0.167. The zero-order chi connectivity index (χ0) is 36.8. The van der Waals surface area contributed by atoms with Crippen molar-refractivity contribution in [2.24, 2.45) is 5.92 Å². The summed E-state index contributed by atoms with van der Waals surface area (Å²) in [6, 6.07) is 0. The first kappa shape index (κ1) is 48.4. The molecule has 0 spiro atoms. The zero-order valence-corrected chi connectivity index (χ0v) is 33.9. The van der Waals surface area contributed by atoms with E-state index >= 15 is 0 Å². The third kappa shape index (κ3) is 37.7. The van der Waals surface area contributed by atoms with Crippen molar-refractivity contribution in [1.29, 1.82) is 0 Å². The minimum atomic E-state index is -0.757. The van der Waals surface area contributed by atoms with Gasteiger partial charge in [-0.1, -0.05) is 201 Å². The van der Waals surface area contributed by atoms with Gasteiger partial charge in [-0.2, -0.15) is 0 Å². The summed E-state index contributed by atoms with van der Waals surface area (Å²) in [5.74, 6) is -0.0347. The molecule has 0 N–H and O–H groups in total. The lowest BCUT2D eigenvalue weighted by atomic mass is 10.0. The van der Waals surface area contributed by atoms with Crippen LogP contribution in [0.1, 0.15) is 240 Å². The summed E-state index contributed by atoms with van der Waals surface area (Å²) in [4.78, 5) is 37.5. The molecule has 0 saturated carbocycles. The highest BCUT2D eigenvalue weighted by Gasteiger charge is 2.19. The highest BCUT2D eigenvalue weighted by molar-refractivity contribution is 5.71. The van der Waals surface area contributed by atoms with E-state index in [1.807, 2.05) is 0 Å². The zero-order valence-electron chi connectivity index (χ0n) is 33.9. The first-order valence-corrected chi connectivity index (χ1v) is 21.9. The van der Waals surface area contributed by atoms with Crippen LogP contribution in [0, 0.1) is 5.92 Å². The maximum atomic E-state index is 12.6. The van der Waals surface area contributed by atoms with Crippen LogP contribution in [0.2, 0.25) is 0 Å². The normalized spacial score (nSPS) is 11.9. The third-order valence-electron chi connectivity index (χ3n) is 9.79. The lowest BCUT2D eigenvalue weighted by Gasteiger charge is -2.18. The average molecular weight is 709 g/mol. The van der Waals surface area contributed by atoms with E-state index in [0.717, 1.165) is 63.7 Å². The standard InChI is InChI=1S/C44H84O6/c1-5-7-9-11-13-18-23-27-31-35-42(45)48-38-41(50-44(47)37-33-29-25-19-14-12-10-8-6-2)39-49-43(46)36-32-28-24-21-17-15-16-20-22-26-30-34-40(3)4/h40-41H,5-39H2,1-4H3/t41-/m1/s1. The number of esters is 3. The Morgan fingerprint density at radius 1 is 0.380 bits per heavy atom. The van der Waals surface area contributed by atoms with Crippen molar-refractivity contribution in [1.82, 2.24) is 0 Å². The summed E-state index contributed by atoms with van der Waals surface area (Å²) in [6.45, 7) is 8.95. The van der Waals surface area contributed by atoms with Gasteiger partial charge in [0, 0.05) is 19.3 Å². The lowest BCUT2D eigenvalue weighted by Crippen LogP contribution is -2.30. The molecule has 0 heterocycles. The highest BCUT2D eigenvalue weighted by atomic mass is 16.6. The maximum Gasteiger partial charge on any atom is 0.306 e. The Hall–Kier alpha value is -1.59. The molecule has 0 aliphatic heterocycles. The molecule has 0 saturated heterocycles. The second kappa shape index (κ2) is 38.6.